The first-order chi connectivity index (χ1) is 6.06. The first-order valence-corrected chi connectivity index (χ1v) is 4.16. The number of allylic oxidation sites excluding steroid dienone is 2. The van der Waals surface area contributed by atoms with E-state index in [1.54, 1.807) is 12.4 Å². The van der Waals surface area contributed by atoms with Gasteiger partial charge in [0.05, 0.1) is 5.70 Å². The summed E-state index contributed by atoms with van der Waals surface area (Å²) in [6, 6.07) is 0. The Balaban J connectivity index is 4.55. The van der Waals surface area contributed by atoms with Gasteiger partial charge in [-0.05, 0) is 26.8 Å². The Labute approximate surface area is 79.3 Å². The summed E-state index contributed by atoms with van der Waals surface area (Å²) in [5, 5.41) is 2.68. The van der Waals surface area contributed by atoms with Crippen molar-refractivity contribution in [2.45, 2.75) is 27.7 Å². The summed E-state index contributed by atoms with van der Waals surface area (Å²) in [5.74, 6) is -0.0879. The maximum Gasteiger partial charge on any atom is 0.221 e. The molecule has 0 atom stereocenters. The van der Waals surface area contributed by atoms with Crippen LogP contribution in [0.5, 0.6) is 0 Å². The van der Waals surface area contributed by atoms with Gasteiger partial charge in [0, 0.05) is 19.3 Å². The molecule has 3 nitrogen and oxygen atoms in total. The molecule has 3 heteroatoms. The molecule has 0 fully saturated rings. The van der Waals surface area contributed by atoms with Crippen LogP contribution in [-0.2, 0) is 4.79 Å². The quantitative estimate of drug-likeness (QED) is 0.524. The third-order valence-corrected chi connectivity index (χ3v) is 1.13. The van der Waals surface area contributed by atoms with E-state index in [2.05, 4.69) is 10.3 Å². The van der Waals surface area contributed by atoms with Crippen LogP contribution < -0.4 is 5.32 Å². The van der Waals surface area contributed by atoms with Gasteiger partial charge in [-0.3, -0.25) is 9.79 Å². The molecule has 0 saturated carbocycles. The van der Waals surface area contributed by atoms with E-state index in [0.29, 0.717) is 5.70 Å². The highest BCUT2D eigenvalue weighted by Crippen LogP contribution is 1.98. The summed E-state index contributed by atoms with van der Waals surface area (Å²) in [6.45, 7) is 7.23. The Morgan fingerprint density at radius 3 is 2.31 bits per heavy atom. The van der Waals surface area contributed by atoms with Crippen molar-refractivity contribution in [3.05, 3.63) is 23.5 Å². The molecule has 0 radical (unpaired) electrons. The van der Waals surface area contributed by atoms with Crippen LogP contribution in [0.3, 0.4) is 0 Å². The van der Waals surface area contributed by atoms with Gasteiger partial charge < -0.3 is 5.32 Å². The summed E-state index contributed by atoms with van der Waals surface area (Å²) in [6.07, 6.45) is 5.16. The molecule has 0 heterocycles. The Bertz CT molecular complexity index is 258. The predicted octanol–water partition coefficient (Wildman–Crippen LogP) is 2.02. The van der Waals surface area contributed by atoms with Gasteiger partial charge in [0.2, 0.25) is 5.91 Å². The van der Waals surface area contributed by atoms with E-state index in [0.717, 1.165) is 5.57 Å². The largest absolute Gasteiger partial charge is 0.325 e. The van der Waals surface area contributed by atoms with Crippen molar-refractivity contribution >= 4 is 12.1 Å². The van der Waals surface area contributed by atoms with Gasteiger partial charge in [-0.1, -0.05) is 5.57 Å². The van der Waals surface area contributed by atoms with Crippen LogP contribution in [0.25, 0.3) is 0 Å². The molecule has 0 aromatic carbocycles. The van der Waals surface area contributed by atoms with Crippen LogP contribution in [-0.4, -0.2) is 12.1 Å². The zero-order valence-corrected chi connectivity index (χ0v) is 8.59. The second kappa shape index (κ2) is 6.17. The number of hydrogen-bond donors (Lipinski definition) is 1. The molecule has 0 bridgehead atoms. The van der Waals surface area contributed by atoms with Gasteiger partial charge in [0.25, 0.3) is 0 Å². The highest BCUT2D eigenvalue weighted by atomic mass is 16.1. The number of rotatable bonds is 3. The standard InChI is InChI=1S/C10H16N2O/c1-5-11-7-10(6-8(2)3)12-9(4)13/h5-7H,1-4H3,(H,12,13)/b10-7+,11-5-. The number of nitrogens with one attached hydrogen (secondary N) is 1. The van der Waals surface area contributed by atoms with E-state index in [-0.39, 0.29) is 5.91 Å². The van der Waals surface area contributed by atoms with E-state index in [9.17, 15) is 4.79 Å². The molecule has 0 rings (SSSR count). The predicted molar refractivity (Wildman–Crippen MR) is 55.5 cm³/mol. The van der Waals surface area contributed by atoms with Crippen molar-refractivity contribution in [1.29, 1.82) is 0 Å². The number of hydrogen-bond acceptors (Lipinski definition) is 2. The number of amides is 1. The van der Waals surface area contributed by atoms with E-state index in [1.807, 2.05) is 26.8 Å². The van der Waals surface area contributed by atoms with Gasteiger partial charge >= 0.3 is 0 Å². The third kappa shape index (κ3) is 7.00. The highest BCUT2D eigenvalue weighted by molar-refractivity contribution is 5.75. The molecule has 0 saturated heterocycles. The summed E-state index contributed by atoms with van der Waals surface area (Å²) in [4.78, 5) is 14.7. The van der Waals surface area contributed by atoms with E-state index in [1.165, 1.54) is 6.92 Å². The lowest BCUT2D eigenvalue weighted by Gasteiger charge is -2.01. The number of aliphatic imine (C=N–C) groups is 1. The monoisotopic (exact) mass is 180 g/mol. The van der Waals surface area contributed by atoms with Gasteiger partial charge in [-0.15, -0.1) is 0 Å². The fourth-order valence-electron chi connectivity index (χ4n) is 0.775. The average molecular weight is 180 g/mol. The van der Waals surface area contributed by atoms with E-state index in [4.69, 9.17) is 0 Å². The van der Waals surface area contributed by atoms with Crippen LogP contribution in [0.2, 0.25) is 0 Å². The van der Waals surface area contributed by atoms with Crippen molar-refractivity contribution < 1.29 is 4.79 Å². The first kappa shape index (κ1) is 11.6. The van der Waals surface area contributed by atoms with Crippen molar-refractivity contribution in [2.24, 2.45) is 4.99 Å². The maximum absolute atomic E-state index is 10.8. The molecule has 1 amide bonds. The molecule has 0 aromatic rings. The Morgan fingerprint density at radius 1 is 1.31 bits per heavy atom. The fraction of sp³-hybridized carbons (Fsp3) is 0.400. The second-order valence-electron chi connectivity index (χ2n) is 2.89. The molecule has 13 heavy (non-hydrogen) atoms. The minimum atomic E-state index is -0.0879. The maximum atomic E-state index is 10.8. The third-order valence-electron chi connectivity index (χ3n) is 1.13. The Kier molecular flexibility index (Phi) is 5.52. The Hall–Kier alpha value is -1.38. The minimum Gasteiger partial charge on any atom is -0.325 e. The molecular formula is C10H16N2O. The molecule has 0 aliphatic heterocycles. The Morgan fingerprint density at radius 2 is 1.92 bits per heavy atom. The van der Waals surface area contributed by atoms with Crippen LogP contribution in [0.1, 0.15) is 27.7 Å². The van der Waals surface area contributed by atoms with Gasteiger partial charge in [0.1, 0.15) is 0 Å². The summed E-state index contributed by atoms with van der Waals surface area (Å²) >= 11 is 0. The zero-order chi connectivity index (χ0) is 10.3. The van der Waals surface area contributed by atoms with Crippen molar-refractivity contribution in [1.82, 2.24) is 5.32 Å². The fourth-order valence-corrected chi connectivity index (χ4v) is 0.775. The molecular weight excluding hydrogens is 164 g/mol. The normalized spacial score (nSPS) is 11.5. The highest BCUT2D eigenvalue weighted by Gasteiger charge is 1.94. The van der Waals surface area contributed by atoms with Crippen molar-refractivity contribution in [2.75, 3.05) is 0 Å². The molecule has 0 aromatic heterocycles. The number of carbonyl (C=O) groups is 1. The first-order valence-electron chi connectivity index (χ1n) is 4.16. The zero-order valence-electron chi connectivity index (χ0n) is 8.59. The lowest BCUT2D eigenvalue weighted by molar-refractivity contribution is -0.118. The molecule has 0 spiro atoms. The van der Waals surface area contributed by atoms with Crippen molar-refractivity contribution in [3.8, 4) is 0 Å². The SMILES string of the molecule is C/C=N\C=C(/C=C(C)C)NC(C)=O. The minimum absolute atomic E-state index is 0.0879. The van der Waals surface area contributed by atoms with Crippen LogP contribution >= 0.6 is 0 Å². The molecule has 1 N–H and O–H groups in total. The average Bonchev–Trinajstić information content (AvgIpc) is 1.98. The second-order valence-corrected chi connectivity index (χ2v) is 2.89. The summed E-state index contributed by atoms with van der Waals surface area (Å²) in [5.41, 5.74) is 1.83. The van der Waals surface area contributed by atoms with E-state index < -0.39 is 0 Å². The van der Waals surface area contributed by atoms with Gasteiger partial charge in [0.15, 0.2) is 0 Å². The molecule has 0 aliphatic carbocycles. The van der Waals surface area contributed by atoms with E-state index >= 15 is 0 Å². The van der Waals surface area contributed by atoms with Crippen LogP contribution in [0.4, 0.5) is 0 Å². The number of nitrogens with zero attached hydrogens (tertiary/aromatic N) is 1. The van der Waals surface area contributed by atoms with Crippen LogP contribution in [0.15, 0.2) is 28.5 Å². The lowest BCUT2D eigenvalue weighted by atomic mass is 10.3. The smallest absolute Gasteiger partial charge is 0.221 e. The van der Waals surface area contributed by atoms with Crippen molar-refractivity contribution in [3.63, 3.8) is 0 Å². The molecule has 72 valence electrons. The molecule has 0 unspecified atom stereocenters. The van der Waals surface area contributed by atoms with Crippen LogP contribution in [0, 0.1) is 0 Å². The lowest BCUT2D eigenvalue weighted by Crippen LogP contribution is -2.17. The van der Waals surface area contributed by atoms with Gasteiger partial charge in [-0.2, -0.15) is 0 Å². The van der Waals surface area contributed by atoms with Gasteiger partial charge in [-0.25, -0.2) is 0 Å². The summed E-state index contributed by atoms with van der Waals surface area (Å²) < 4.78 is 0. The number of carbonyl (C=O) groups excluding carboxylic acids is 1. The molecule has 0 aliphatic rings. The topological polar surface area (TPSA) is 41.5 Å². The summed E-state index contributed by atoms with van der Waals surface area (Å²) in [7, 11) is 0.